The van der Waals surface area contributed by atoms with Crippen LogP contribution < -0.4 is 5.73 Å². The van der Waals surface area contributed by atoms with Gasteiger partial charge < -0.3 is 15.9 Å². The Hall–Kier alpha value is -1.59. The largest absolute Gasteiger partial charge is 0.504 e. The normalized spacial score (nSPS) is 18.3. The first-order valence-electron chi connectivity index (χ1n) is 6.41. The molecule has 1 aromatic heterocycles. The summed E-state index contributed by atoms with van der Waals surface area (Å²) in [5.41, 5.74) is 7.77. The summed E-state index contributed by atoms with van der Waals surface area (Å²) in [7, 11) is 0. The lowest BCUT2D eigenvalue weighted by Gasteiger charge is -2.18. The Labute approximate surface area is 115 Å². The van der Waals surface area contributed by atoms with Crippen molar-refractivity contribution in [1.82, 2.24) is 4.98 Å². The lowest BCUT2D eigenvalue weighted by Crippen LogP contribution is -2.17. The van der Waals surface area contributed by atoms with Gasteiger partial charge in [-0.2, -0.15) is 0 Å². The van der Waals surface area contributed by atoms with Gasteiger partial charge in [-0.05, 0) is 37.5 Å². The smallest absolute Gasteiger partial charge is 0.158 e. The molecule has 1 unspecified atom stereocenters. The first-order valence-corrected chi connectivity index (χ1v) is 7.22. The van der Waals surface area contributed by atoms with E-state index >= 15 is 0 Å². The van der Waals surface area contributed by atoms with Gasteiger partial charge in [0.2, 0.25) is 0 Å². The van der Waals surface area contributed by atoms with E-state index in [1.165, 1.54) is 10.9 Å². The summed E-state index contributed by atoms with van der Waals surface area (Å²) in [4.78, 5) is 6.00. The molecule has 0 saturated heterocycles. The van der Waals surface area contributed by atoms with Crippen molar-refractivity contribution < 1.29 is 10.2 Å². The molecule has 0 spiro atoms. The van der Waals surface area contributed by atoms with Gasteiger partial charge in [0.1, 0.15) is 5.01 Å². The van der Waals surface area contributed by atoms with Gasteiger partial charge in [0.15, 0.2) is 11.5 Å². The number of phenolic OH excluding ortho intramolecular Hbond substituents is 2. The lowest BCUT2D eigenvalue weighted by molar-refractivity contribution is 0.404. The minimum absolute atomic E-state index is 0.107. The Balaban J connectivity index is 2.02. The predicted octanol–water partition coefficient (Wildman–Crippen LogP) is 2.60. The number of aromatic hydroxyl groups is 2. The Kier molecular flexibility index (Phi) is 3.16. The SMILES string of the molecule is NCC1CCCc2sc(-c3ccc(O)c(O)c3)nc21. The molecule has 3 rings (SSSR count). The third-order valence-electron chi connectivity index (χ3n) is 3.58. The van der Waals surface area contributed by atoms with Crippen LogP contribution in [0.5, 0.6) is 11.5 Å². The summed E-state index contributed by atoms with van der Waals surface area (Å²) >= 11 is 1.66. The fourth-order valence-electron chi connectivity index (χ4n) is 2.52. The van der Waals surface area contributed by atoms with E-state index in [0.29, 0.717) is 12.5 Å². The fourth-order valence-corrected chi connectivity index (χ4v) is 3.70. The van der Waals surface area contributed by atoms with Gasteiger partial charge in [0.05, 0.1) is 5.69 Å². The monoisotopic (exact) mass is 276 g/mol. The number of fused-ring (bicyclic) bond motifs is 1. The van der Waals surface area contributed by atoms with Crippen molar-refractivity contribution in [1.29, 1.82) is 0 Å². The van der Waals surface area contributed by atoms with Gasteiger partial charge in [-0.25, -0.2) is 4.98 Å². The molecule has 0 amide bonds. The molecule has 2 aromatic rings. The Morgan fingerprint density at radius 3 is 2.89 bits per heavy atom. The maximum absolute atomic E-state index is 9.57. The molecule has 1 atom stereocenters. The van der Waals surface area contributed by atoms with Gasteiger partial charge in [-0.15, -0.1) is 11.3 Å². The highest BCUT2D eigenvalue weighted by atomic mass is 32.1. The number of nitrogens with two attached hydrogens (primary N) is 1. The highest BCUT2D eigenvalue weighted by Crippen LogP contribution is 2.39. The Bertz CT molecular complexity index is 609. The van der Waals surface area contributed by atoms with Crippen molar-refractivity contribution in [2.24, 2.45) is 5.73 Å². The molecule has 100 valence electrons. The number of phenols is 2. The van der Waals surface area contributed by atoms with Crippen molar-refractivity contribution >= 4 is 11.3 Å². The van der Waals surface area contributed by atoms with E-state index in [1.54, 1.807) is 23.5 Å². The van der Waals surface area contributed by atoms with Crippen molar-refractivity contribution in [3.8, 4) is 22.1 Å². The molecule has 1 aromatic carbocycles. The zero-order valence-corrected chi connectivity index (χ0v) is 11.3. The summed E-state index contributed by atoms with van der Waals surface area (Å²) in [6.07, 6.45) is 3.33. The zero-order chi connectivity index (χ0) is 13.4. The third kappa shape index (κ3) is 2.19. The number of aryl methyl sites for hydroxylation is 1. The Morgan fingerprint density at radius 1 is 1.32 bits per heavy atom. The minimum atomic E-state index is -0.110. The second kappa shape index (κ2) is 4.83. The van der Waals surface area contributed by atoms with Crippen LogP contribution in [-0.2, 0) is 6.42 Å². The van der Waals surface area contributed by atoms with E-state index in [9.17, 15) is 10.2 Å². The quantitative estimate of drug-likeness (QED) is 0.737. The zero-order valence-electron chi connectivity index (χ0n) is 10.5. The molecule has 0 radical (unpaired) electrons. The molecular formula is C14H16N2O2S. The van der Waals surface area contributed by atoms with Crippen molar-refractivity contribution in [3.05, 3.63) is 28.8 Å². The van der Waals surface area contributed by atoms with Crippen LogP contribution in [-0.4, -0.2) is 21.7 Å². The van der Waals surface area contributed by atoms with Crippen molar-refractivity contribution in [3.63, 3.8) is 0 Å². The number of rotatable bonds is 2. The number of benzene rings is 1. The molecule has 4 N–H and O–H groups in total. The molecule has 0 bridgehead atoms. The average Bonchev–Trinajstić information content (AvgIpc) is 2.85. The van der Waals surface area contributed by atoms with Crippen LogP contribution in [0.3, 0.4) is 0 Å². The highest BCUT2D eigenvalue weighted by Gasteiger charge is 2.24. The first-order chi connectivity index (χ1) is 9.19. The molecule has 0 fully saturated rings. The van der Waals surface area contributed by atoms with Gasteiger partial charge >= 0.3 is 0 Å². The number of nitrogens with zero attached hydrogens (tertiary/aromatic N) is 1. The van der Waals surface area contributed by atoms with Crippen molar-refractivity contribution in [2.45, 2.75) is 25.2 Å². The van der Waals surface area contributed by atoms with Crippen molar-refractivity contribution in [2.75, 3.05) is 6.54 Å². The van der Waals surface area contributed by atoms with Crippen LogP contribution in [0, 0.1) is 0 Å². The third-order valence-corrected chi connectivity index (χ3v) is 4.76. The van der Waals surface area contributed by atoms with Crippen LogP contribution >= 0.6 is 11.3 Å². The second-order valence-corrected chi connectivity index (χ2v) is 5.94. The van der Waals surface area contributed by atoms with Crippen LogP contribution in [0.15, 0.2) is 18.2 Å². The summed E-state index contributed by atoms with van der Waals surface area (Å²) in [6, 6.07) is 4.82. The van der Waals surface area contributed by atoms with Crippen LogP contribution in [0.2, 0.25) is 0 Å². The minimum Gasteiger partial charge on any atom is -0.504 e. The van der Waals surface area contributed by atoms with Gasteiger partial charge in [0.25, 0.3) is 0 Å². The van der Waals surface area contributed by atoms with Crippen LogP contribution in [0.4, 0.5) is 0 Å². The molecule has 0 aliphatic heterocycles. The topological polar surface area (TPSA) is 79.4 Å². The predicted molar refractivity (Wildman–Crippen MR) is 75.6 cm³/mol. The maximum atomic E-state index is 9.57. The first kappa shape index (κ1) is 12.4. The van der Waals surface area contributed by atoms with E-state index in [4.69, 9.17) is 5.73 Å². The van der Waals surface area contributed by atoms with Crippen LogP contribution in [0.25, 0.3) is 10.6 Å². The second-order valence-electron chi connectivity index (χ2n) is 4.86. The molecule has 19 heavy (non-hydrogen) atoms. The van der Waals surface area contributed by atoms with E-state index in [2.05, 4.69) is 4.98 Å². The molecule has 1 aliphatic rings. The van der Waals surface area contributed by atoms with Crippen LogP contribution in [0.1, 0.15) is 29.3 Å². The standard InChI is InChI=1S/C14H16N2O2S/c15-7-9-2-1-3-12-13(9)16-14(19-12)8-4-5-10(17)11(18)6-8/h4-6,9,17-18H,1-3,7,15H2. The van der Waals surface area contributed by atoms with E-state index in [1.807, 2.05) is 0 Å². The summed E-state index contributed by atoms with van der Waals surface area (Å²) in [5.74, 6) is 0.144. The summed E-state index contributed by atoms with van der Waals surface area (Å²) in [5, 5.41) is 19.8. The summed E-state index contributed by atoms with van der Waals surface area (Å²) in [6.45, 7) is 0.636. The van der Waals surface area contributed by atoms with Gasteiger partial charge in [-0.3, -0.25) is 0 Å². The molecule has 1 aliphatic carbocycles. The number of thiazole rings is 1. The summed E-state index contributed by atoms with van der Waals surface area (Å²) < 4.78 is 0. The van der Waals surface area contributed by atoms with E-state index < -0.39 is 0 Å². The Morgan fingerprint density at radius 2 is 2.16 bits per heavy atom. The fraction of sp³-hybridized carbons (Fsp3) is 0.357. The average molecular weight is 276 g/mol. The molecule has 5 heteroatoms. The molecule has 4 nitrogen and oxygen atoms in total. The van der Waals surface area contributed by atoms with E-state index in [0.717, 1.165) is 35.5 Å². The lowest BCUT2D eigenvalue weighted by atomic mass is 9.91. The van der Waals surface area contributed by atoms with E-state index in [-0.39, 0.29) is 11.5 Å². The molecule has 0 saturated carbocycles. The molecular weight excluding hydrogens is 260 g/mol. The number of hydrogen-bond donors (Lipinski definition) is 3. The molecule has 1 heterocycles. The highest BCUT2D eigenvalue weighted by molar-refractivity contribution is 7.15. The number of hydrogen-bond acceptors (Lipinski definition) is 5. The maximum Gasteiger partial charge on any atom is 0.158 e. The van der Waals surface area contributed by atoms with Gasteiger partial charge in [-0.1, -0.05) is 0 Å². The number of aromatic nitrogens is 1. The van der Waals surface area contributed by atoms with Gasteiger partial charge in [0, 0.05) is 22.9 Å².